The Bertz CT molecular complexity index is 371. The van der Waals surface area contributed by atoms with Gasteiger partial charge in [0.1, 0.15) is 5.75 Å². The van der Waals surface area contributed by atoms with Crippen LogP contribution in [0, 0.1) is 6.92 Å². The fourth-order valence-electron chi connectivity index (χ4n) is 1.86. The number of hydrogen-bond donors (Lipinski definition) is 1. The summed E-state index contributed by atoms with van der Waals surface area (Å²) in [7, 11) is 1.64. The van der Waals surface area contributed by atoms with Gasteiger partial charge in [-0.25, -0.2) is 0 Å². The SMILES string of the molecule is CCC(CC(=O)O)c1ccc(OC)c(C)c1. The molecule has 1 unspecified atom stereocenters. The lowest BCUT2D eigenvalue weighted by atomic mass is 9.92. The Morgan fingerprint density at radius 3 is 2.62 bits per heavy atom. The Morgan fingerprint density at radius 2 is 2.19 bits per heavy atom. The number of rotatable bonds is 5. The fourth-order valence-corrected chi connectivity index (χ4v) is 1.86. The van der Waals surface area contributed by atoms with Gasteiger partial charge in [0.2, 0.25) is 0 Å². The molecule has 0 amide bonds. The van der Waals surface area contributed by atoms with Crippen LogP contribution >= 0.6 is 0 Å². The Hall–Kier alpha value is -1.51. The first-order valence-electron chi connectivity index (χ1n) is 5.44. The Labute approximate surface area is 96.1 Å². The van der Waals surface area contributed by atoms with Gasteiger partial charge in [-0.15, -0.1) is 0 Å². The number of carboxylic acid groups (broad SMARTS) is 1. The van der Waals surface area contributed by atoms with Gasteiger partial charge >= 0.3 is 5.97 Å². The van der Waals surface area contributed by atoms with Crippen molar-refractivity contribution in [1.29, 1.82) is 0 Å². The van der Waals surface area contributed by atoms with Crippen molar-refractivity contribution < 1.29 is 14.6 Å². The fraction of sp³-hybridized carbons (Fsp3) is 0.462. The van der Waals surface area contributed by atoms with E-state index < -0.39 is 5.97 Å². The molecule has 0 heterocycles. The predicted octanol–water partition coefficient (Wildman–Crippen LogP) is 2.97. The molecule has 0 aliphatic carbocycles. The van der Waals surface area contributed by atoms with E-state index in [0.717, 1.165) is 23.3 Å². The molecule has 1 aromatic rings. The second-order valence-corrected chi connectivity index (χ2v) is 3.93. The zero-order valence-corrected chi connectivity index (χ0v) is 9.99. The number of carboxylic acids is 1. The van der Waals surface area contributed by atoms with Crippen molar-refractivity contribution in [1.82, 2.24) is 0 Å². The average molecular weight is 222 g/mol. The summed E-state index contributed by atoms with van der Waals surface area (Å²) in [5.74, 6) is 0.177. The first kappa shape index (κ1) is 12.6. The van der Waals surface area contributed by atoms with E-state index in [4.69, 9.17) is 9.84 Å². The molecular formula is C13H18O3. The van der Waals surface area contributed by atoms with Gasteiger partial charge in [0.25, 0.3) is 0 Å². The maximum atomic E-state index is 10.7. The molecule has 16 heavy (non-hydrogen) atoms. The van der Waals surface area contributed by atoms with E-state index in [1.165, 1.54) is 0 Å². The highest BCUT2D eigenvalue weighted by Crippen LogP contribution is 2.27. The molecule has 0 radical (unpaired) electrons. The number of aryl methyl sites for hydroxylation is 1. The molecule has 0 spiro atoms. The monoisotopic (exact) mass is 222 g/mol. The summed E-state index contributed by atoms with van der Waals surface area (Å²) in [6, 6.07) is 5.86. The van der Waals surface area contributed by atoms with E-state index in [1.54, 1.807) is 7.11 Å². The number of aliphatic carboxylic acids is 1. The minimum absolute atomic E-state index is 0.0853. The van der Waals surface area contributed by atoms with Crippen molar-refractivity contribution in [3.8, 4) is 5.75 Å². The standard InChI is InChI=1S/C13H18O3/c1-4-10(8-13(14)15)11-5-6-12(16-3)9(2)7-11/h5-7,10H,4,8H2,1-3H3,(H,14,15). The summed E-state index contributed by atoms with van der Waals surface area (Å²) in [5.41, 5.74) is 2.12. The third-order valence-electron chi connectivity index (χ3n) is 2.80. The quantitative estimate of drug-likeness (QED) is 0.833. The van der Waals surface area contributed by atoms with Crippen LogP contribution in [0.2, 0.25) is 0 Å². The molecule has 1 aromatic carbocycles. The summed E-state index contributed by atoms with van der Waals surface area (Å²) in [6.45, 7) is 3.98. The van der Waals surface area contributed by atoms with Gasteiger partial charge in [0, 0.05) is 0 Å². The number of methoxy groups -OCH3 is 1. The predicted molar refractivity (Wildman–Crippen MR) is 63.0 cm³/mol. The van der Waals surface area contributed by atoms with Crippen LogP contribution in [0.15, 0.2) is 18.2 Å². The van der Waals surface area contributed by atoms with Crippen LogP contribution in [-0.4, -0.2) is 18.2 Å². The molecule has 3 heteroatoms. The summed E-state index contributed by atoms with van der Waals surface area (Å²) < 4.78 is 5.18. The highest BCUT2D eigenvalue weighted by atomic mass is 16.5. The van der Waals surface area contributed by atoms with Crippen LogP contribution in [0.4, 0.5) is 0 Å². The van der Waals surface area contributed by atoms with Crippen molar-refractivity contribution in [3.05, 3.63) is 29.3 Å². The molecule has 0 aromatic heterocycles. The third-order valence-corrected chi connectivity index (χ3v) is 2.80. The Kier molecular flexibility index (Phi) is 4.35. The van der Waals surface area contributed by atoms with E-state index in [-0.39, 0.29) is 12.3 Å². The smallest absolute Gasteiger partial charge is 0.303 e. The van der Waals surface area contributed by atoms with Crippen molar-refractivity contribution in [3.63, 3.8) is 0 Å². The van der Waals surface area contributed by atoms with Crippen molar-refractivity contribution >= 4 is 5.97 Å². The average Bonchev–Trinajstić information content (AvgIpc) is 2.25. The van der Waals surface area contributed by atoms with Crippen LogP contribution in [0.3, 0.4) is 0 Å². The molecule has 88 valence electrons. The lowest BCUT2D eigenvalue weighted by Crippen LogP contribution is -2.05. The third kappa shape index (κ3) is 2.99. The van der Waals surface area contributed by atoms with E-state index in [0.29, 0.717) is 0 Å². The molecule has 0 bridgehead atoms. The van der Waals surface area contributed by atoms with E-state index >= 15 is 0 Å². The maximum absolute atomic E-state index is 10.7. The van der Waals surface area contributed by atoms with Crippen LogP contribution in [0.5, 0.6) is 5.75 Å². The topological polar surface area (TPSA) is 46.5 Å². The van der Waals surface area contributed by atoms with Crippen molar-refractivity contribution in [2.24, 2.45) is 0 Å². The molecule has 1 N–H and O–H groups in total. The normalized spacial score (nSPS) is 12.2. The molecule has 0 saturated carbocycles. The minimum Gasteiger partial charge on any atom is -0.496 e. The van der Waals surface area contributed by atoms with E-state index in [1.807, 2.05) is 32.0 Å². The van der Waals surface area contributed by atoms with Crippen molar-refractivity contribution in [2.75, 3.05) is 7.11 Å². The van der Waals surface area contributed by atoms with Crippen LogP contribution in [-0.2, 0) is 4.79 Å². The summed E-state index contributed by atoms with van der Waals surface area (Å²) in [4.78, 5) is 10.7. The molecule has 1 rings (SSSR count). The number of ether oxygens (including phenoxy) is 1. The molecule has 0 aliphatic rings. The Balaban J connectivity index is 2.93. The molecule has 3 nitrogen and oxygen atoms in total. The van der Waals surface area contributed by atoms with Gasteiger partial charge in [-0.2, -0.15) is 0 Å². The van der Waals surface area contributed by atoms with Crippen molar-refractivity contribution in [2.45, 2.75) is 32.6 Å². The summed E-state index contributed by atoms with van der Waals surface area (Å²) >= 11 is 0. The summed E-state index contributed by atoms with van der Waals surface area (Å²) in [5, 5.41) is 8.82. The zero-order chi connectivity index (χ0) is 12.1. The Morgan fingerprint density at radius 1 is 1.50 bits per heavy atom. The number of benzene rings is 1. The van der Waals surface area contributed by atoms with Gasteiger partial charge < -0.3 is 9.84 Å². The first-order chi connectivity index (χ1) is 7.58. The number of hydrogen-bond acceptors (Lipinski definition) is 2. The van der Waals surface area contributed by atoms with Gasteiger partial charge in [0.15, 0.2) is 0 Å². The second-order valence-electron chi connectivity index (χ2n) is 3.93. The molecule has 0 aliphatic heterocycles. The maximum Gasteiger partial charge on any atom is 0.303 e. The highest BCUT2D eigenvalue weighted by molar-refractivity contribution is 5.68. The molecule has 1 atom stereocenters. The molecule has 0 fully saturated rings. The van der Waals surface area contributed by atoms with Gasteiger partial charge in [-0.3, -0.25) is 4.79 Å². The first-order valence-corrected chi connectivity index (χ1v) is 5.44. The van der Waals surface area contributed by atoms with Crippen LogP contribution in [0.25, 0.3) is 0 Å². The largest absolute Gasteiger partial charge is 0.496 e. The highest BCUT2D eigenvalue weighted by Gasteiger charge is 2.14. The van der Waals surface area contributed by atoms with Crippen LogP contribution < -0.4 is 4.74 Å². The lowest BCUT2D eigenvalue weighted by molar-refractivity contribution is -0.137. The summed E-state index contributed by atoms with van der Waals surface area (Å²) in [6.07, 6.45) is 1.01. The van der Waals surface area contributed by atoms with Crippen LogP contribution in [0.1, 0.15) is 36.8 Å². The van der Waals surface area contributed by atoms with E-state index in [2.05, 4.69) is 0 Å². The minimum atomic E-state index is -0.750. The van der Waals surface area contributed by atoms with Gasteiger partial charge in [0.05, 0.1) is 13.5 Å². The molecular weight excluding hydrogens is 204 g/mol. The lowest BCUT2D eigenvalue weighted by Gasteiger charge is -2.14. The second kappa shape index (κ2) is 5.54. The molecule has 0 saturated heterocycles. The van der Waals surface area contributed by atoms with Gasteiger partial charge in [-0.1, -0.05) is 19.1 Å². The number of carbonyl (C=O) groups is 1. The van der Waals surface area contributed by atoms with Gasteiger partial charge in [-0.05, 0) is 36.5 Å². The zero-order valence-electron chi connectivity index (χ0n) is 9.99. The van der Waals surface area contributed by atoms with E-state index in [9.17, 15) is 4.79 Å².